The Hall–Kier alpha value is -1.53. The van der Waals surface area contributed by atoms with Crippen LogP contribution < -0.4 is 0 Å². The first-order chi connectivity index (χ1) is 35.6. The van der Waals surface area contributed by atoms with Crippen LogP contribution in [0.15, 0.2) is 24.3 Å². The zero-order chi connectivity index (χ0) is 53.0. The van der Waals surface area contributed by atoms with E-state index in [4.69, 9.17) is 28.4 Å². The molecular formula is C59H110O14. The highest BCUT2D eigenvalue weighted by molar-refractivity contribution is 5.69. The lowest BCUT2D eigenvalue weighted by atomic mass is 9.98. The summed E-state index contributed by atoms with van der Waals surface area (Å²) < 4.78 is 34.4. The van der Waals surface area contributed by atoms with Crippen LogP contribution in [0, 0.1) is 0 Å². The molecule has 2 fully saturated rings. The van der Waals surface area contributed by atoms with E-state index >= 15 is 0 Å². The SMILES string of the molecule is CCCCC/C=C\C/C=C\CCCCCCCCCCCCOCC(COC1OC(COC2OC(CO)C(O)C(O)C2O)C(O)C(O)C1O)OC(=O)CCCCCCCCCCCCCCCCCCCCC. The quantitative estimate of drug-likeness (QED) is 0.0172. The summed E-state index contributed by atoms with van der Waals surface area (Å²) in [5, 5.41) is 72.4. The summed E-state index contributed by atoms with van der Waals surface area (Å²) in [5.41, 5.74) is 0. The van der Waals surface area contributed by atoms with Crippen molar-refractivity contribution in [2.75, 3.05) is 33.0 Å². The molecule has 7 N–H and O–H groups in total. The second kappa shape index (κ2) is 46.6. The Labute approximate surface area is 443 Å². The van der Waals surface area contributed by atoms with Gasteiger partial charge in [0, 0.05) is 13.0 Å². The van der Waals surface area contributed by atoms with E-state index in [1.807, 2.05) is 0 Å². The molecule has 0 aromatic rings. The minimum absolute atomic E-state index is 0.0640. The highest BCUT2D eigenvalue weighted by Crippen LogP contribution is 2.27. The van der Waals surface area contributed by atoms with Crippen molar-refractivity contribution >= 4 is 5.97 Å². The number of esters is 1. The highest BCUT2D eigenvalue weighted by Gasteiger charge is 2.47. The molecule has 73 heavy (non-hydrogen) atoms. The van der Waals surface area contributed by atoms with Crippen LogP contribution in [0.4, 0.5) is 0 Å². The van der Waals surface area contributed by atoms with Crippen LogP contribution in [-0.4, -0.2) is 142 Å². The van der Waals surface area contributed by atoms with Crippen LogP contribution in [0.25, 0.3) is 0 Å². The van der Waals surface area contributed by atoms with Crippen LogP contribution in [0.2, 0.25) is 0 Å². The van der Waals surface area contributed by atoms with Crippen LogP contribution in [0.3, 0.4) is 0 Å². The second-order valence-electron chi connectivity index (χ2n) is 21.2. The average Bonchev–Trinajstić information content (AvgIpc) is 3.39. The maximum atomic E-state index is 13.1. The van der Waals surface area contributed by atoms with Gasteiger partial charge in [0.25, 0.3) is 0 Å². The average molecular weight is 1040 g/mol. The summed E-state index contributed by atoms with van der Waals surface area (Å²) >= 11 is 0. The van der Waals surface area contributed by atoms with Crippen LogP contribution in [-0.2, 0) is 33.2 Å². The van der Waals surface area contributed by atoms with Crippen molar-refractivity contribution in [2.24, 2.45) is 0 Å². The Morgan fingerprint density at radius 3 is 1.34 bits per heavy atom. The molecule has 11 unspecified atom stereocenters. The van der Waals surface area contributed by atoms with Gasteiger partial charge in [-0.3, -0.25) is 4.79 Å². The van der Waals surface area contributed by atoms with Crippen LogP contribution in [0.5, 0.6) is 0 Å². The molecule has 0 saturated carbocycles. The molecule has 11 atom stereocenters. The Balaban J connectivity index is 1.70. The number of hydrogen-bond donors (Lipinski definition) is 7. The molecule has 0 radical (unpaired) electrons. The molecule has 2 aliphatic rings. The topological polar surface area (TPSA) is 214 Å². The summed E-state index contributed by atoms with van der Waals surface area (Å²) in [4.78, 5) is 13.1. The summed E-state index contributed by atoms with van der Waals surface area (Å²) in [7, 11) is 0. The Morgan fingerprint density at radius 2 is 0.849 bits per heavy atom. The molecule has 2 heterocycles. The predicted molar refractivity (Wildman–Crippen MR) is 289 cm³/mol. The monoisotopic (exact) mass is 1040 g/mol. The van der Waals surface area contributed by atoms with Gasteiger partial charge in [0.15, 0.2) is 12.6 Å². The largest absolute Gasteiger partial charge is 0.457 e. The molecule has 0 aromatic carbocycles. The van der Waals surface area contributed by atoms with E-state index in [-0.39, 0.29) is 25.6 Å². The number of ether oxygens (including phenoxy) is 6. The van der Waals surface area contributed by atoms with Gasteiger partial charge in [-0.15, -0.1) is 0 Å². The third kappa shape index (κ3) is 33.4. The molecule has 2 saturated heterocycles. The number of carbonyl (C=O) groups is 1. The number of allylic oxidation sites excluding steroid dienone is 4. The lowest BCUT2D eigenvalue weighted by molar-refractivity contribution is -0.332. The minimum Gasteiger partial charge on any atom is -0.457 e. The number of rotatable bonds is 49. The summed E-state index contributed by atoms with van der Waals surface area (Å²) in [6, 6.07) is 0. The second-order valence-corrected chi connectivity index (χ2v) is 21.2. The molecule has 14 heteroatoms. The molecule has 0 amide bonds. The van der Waals surface area contributed by atoms with E-state index in [0.717, 1.165) is 44.9 Å². The zero-order valence-corrected chi connectivity index (χ0v) is 46.1. The van der Waals surface area contributed by atoms with Crippen LogP contribution >= 0.6 is 0 Å². The number of carbonyl (C=O) groups excluding carboxylic acids is 1. The third-order valence-electron chi connectivity index (χ3n) is 14.5. The molecular weight excluding hydrogens is 933 g/mol. The summed E-state index contributed by atoms with van der Waals surface area (Å²) in [6.45, 7) is 3.71. The first kappa shape index (κ1) is 67.6. The van der Waals surface area contributed by atoms with E-state index in [0.29, 0.717) is 13.0 Å². The Morgan fingerprint density at radius 1 is 0.452 bits per heavy atom. The predicted octanol–water partition coefficient (Wildman–Crippen LogP) is 10.8. The van der Waals surface area contributed by atoms with Gasteiger partial charge in [-0.25, -0.2) is 0 Å². The lowest BCUT2D eigenvalue weighted by Gasteiger charge is -2.42. The number of hydrogen-bond acceptors (Lipinski definition) is 14. The van der Waals surface area contributed by atoms with E-state index in [1.165, 1.54) is 173 Å². The van der Waals surface area contributed by atoms with Crippen molar-refractivity contribution in [2.45, 2.75) is 313 Å². The first-order valence-corrected chi connectivity index (χ1v) is 29.9. The van der Waals surface area contributed by atoms with Gasteiger partial charge in [-0.1, -0.05) is 218 Å². The van der Waals surface area contributed by atoms with Crippen molar-refractivity contribution < 1.29 is 69.0 Å². The van der Waals surface area contributed by atoms with Gasteiger partial charge in [0.1, 0.15) is 54.9 Å². The third-order valence-corrected chi connectivity index (χ3v) is 14.5. The highest BCUT2D eigenvalue weighted by atomic mass is 16.7. The van der Waals surface area contributed by atoms with Gasteiger partial charge in [0.2, 0.25) is 0 Å². The minimum atomic E-state index is -1.70. The van der Waals surface area contributed by atoms with Gasteiger partial charge in [-0.05, 0) is 44.9 Å². The van der Waals surface area contributed by atoms with Gasteiger partial charge < -0.3 is 64.2 Å². The number of aliphatic hydroxyl groups is 7. The van der Waals surface area contributed by atoms with Crippen molar-refractivity contribution in [3.05, 3.63) is 24.3 Å². The van der Waals surface area contributed by atoms with Gasteiger partial charge in [0.05, 0.1) is 26.4 Å². The Kier molecular flexibility index (Phi) is 43.1. The first-order valence-electron chi connectivity index (χ1n) is 29.9. The number of unbranched alkanes of at least 4 members (excludes halogenated alkanes) is 31. The fourth-order valence-electron chi connectivity index (χ4n) is 9.61. The van der Waals surface area contributed by atoms with E-state index in [9.17, 15) is 40.5 Å². The van der Waals surface area contributed by atoms with Gasteiger partial charge >= 0.3 is 5.97 Å². The molecule has 430 valence electrons. The fourth-order valence-corrected chi connectivity index (χ4v) is 9.61. The maximum absolute atomic E-state index is 13.1. The molecule has 0 aromatic heterocycles. The van der Waals surface area contributed by atoms with Crippen molar-refractivity contribution in [3.63, 3.8) is 0 Å². The Bertz CT molecular complexity index is 1300. The molecule has 0 spiro atoms. The van der Waals surface area contributed by atoms with E-state index in [2.05, 4.69) is 38.2 Å². The maximum Gasteiger partial charge on any atom is 0.306 e. The molecule has 2 aliphatic heterocycles. The summed E-state index contributed by atoms with van der Waals surface area (Å²) in [5.74, 6) is -0.371. The molecule has 0 bridgehead atoms. The molecule has 0 aliphatic carbocycles. The smallest absolute Gasteiger partial charge is 0.306 e. The van der Waals surface area contributed by atoms with Crippen molar-refractivity contribution in [1.82, 2.24) is 0 Å². The van der Waals surface area contributed by atoms with Crippen molar-refractivity contribution in [1.29, 1.82) is 0 Å². The summed E-state index contributed by atoms with van der Waals surface area (Å²) in [6.07, 6.45) is 36.6. The zero-order valence-electron chi connectivity index (χ0n) is 46.1. The van der Waals surface area contributed by atoms with Crippen LogP contribution in [0.1, 0.15) is 245 Å². The molecule has 14 nitrogen and oxygen atoms in total. The standard InChI is InChI=1S/C59H110O14/c1-3-5-7-9-11-13-15-17-19-21-23-25-27-29-31-33-35-37-39-41-43-68-45-48(71-51(61)42-40-38-36-34-32-30-28-26-24-22-20-18-16-14-12-10-8-6-4-2)46-69-58-57(67)55(65)53(63)50(73-58)47-70-59-56(66)54(64)52(62)49(44-60)72-59/h11,13,17,19,48-50,52-60,62-67H,3-10,12,14-16,18,20-47H2,1-2H3/b13-11-,19-17-. The van der Waals surface area contributed by atoms with Crippen molar-refractivity contribution in [3.8, 4) is 0 Å². The van der Waals surface area contributed by atoms with E-state index in [1.54, 1.807) is 0 Å². The lowest BCUT2D eigenvalue weighted by Crippen LogP contribution is -2.61. The normalized spacial score (nSPS) is 25.1. The van der Waals surface area contributed by atoms with E-state index < -0.39 is 80.7 Å². The fraction of sp³-hybridized carbons (Fsp3) is 0.915. The number of aliphatic hydroxyl groups excluding tert-OH is 7. The van der Waals surface area contributed by atoms with Gasteiger partial charge in [-0.2, -0.15) is 0 Å². The molecule has 2 rings (SSSR count).